The molecule has 0 fully saturated rings. The maximum Gasteiger partial charge on any atom is 0.274 e. The number of H-pyrrole nitrogens is 1. The van der Waals surface area contributed by atoms with Crippen molar-refractivity contribution in [2.45, 2.75) is 13.5 Å². The van der Waals surface area contributed by atoms with Gasteiger partial charge in [-0.15, -0.1) is 0 Å². The topological polar surface area (TPSA) is 88.0 Å². The summed E-state index contributed by atoms with van der Waals surface area (Å²) in [6, 6.07) is 5.75. The number of aromatic amines is 1. The van der Waals surface area contributed by atoms with Crippen molar-refractivity contribution >= 4 is 11.4 Å². The lowest BCUT2D eigenvalue weighted by molar-refractivity contribution is 0.0945. The average molecular weight is 256 g/mol. The quantitative estimate of drug-likeness (QED) is 0.721. The van der Waals surface area contributed by atoms with E-state index >= 15 is 0 Å². The second kappa shape index (κ2) is 4.52. The second-order valence-corrected chi connectivity index (χ2v) is 4.13. The molecule has 0 radical (unpaired) electrons. The molecule has 0 spiro atoms. The van der Waals surface area contributed by atoms with E-state index < -0.39 is 0 Å². The first-order valence-electron chi connectivity index (χ1n) is 5.82. The zero-order chi connectivity index (χ0) is 13.2. The number of nitrogens with zero attached hydrogens (tertiary/aromatic N) is 4. The predicted molar refractivity (Wildman–Crippen MR) is 67.5 cm³/mol. The molecule has 0 aliphatic carbocycles. The fourth-order valence-corrected chi connectivity index (χ4v) is 1.92. The van der Waals surface area contributed by atoms with Crippen molar-refractivity contribution in [3.8, 4) is 0 Å². The summed E-state index contributed by atoms with van der Waals surface area (Å²) in [5, 5.41) is 17.0. The Hall–Kier alpha value is -2.70. The smallest absolute Gasteiger partial charge is 0.274 e. The SMILES string of the molecule is Cc1n[nH]nc1C(=O)NCc1cccn2nccc12. The van der Waals surface area contributed by atoms with E-state index in [0.29, 0.717) is 17.9 Å². The van der Waals surface area contributed by atoms with Gasteiger partial charge in [0.15, 0.2) is 5.69 Å². The summed E-state index contributed by atoms with van der Waals surface area (Å²) in [6.07, 6.45) is 3.59. The molecule has 0 aromatic carbocycles. The zero-order valence-electron chi connectivity index (χ0n) is 10.3. The third-order valence-corrected chi connectivity index (χ3v) is 2.90. The van der Waals surface area contributed by atoms with Gasteiger partial charge in [-0.1, -0.05) is 6.07 Å². The highest BCUT2D eigenvalue weighted by Crippen LogP contribution is 2.09. The number of rotatable bonds is 3. The number of carbonyl (C=O) groups excluding carboxylic acids is 1. The van der Waals surface area contributed by atoms with Crippen LogP contribution in [-0.4, -0.2) is 30.9 Å². The molecular weight excluding hydrogens is 244 g/mol. The van der Waals surface area contributed by atoms with Crippen LogP contribution in [0.2, 0.25) is 0 Å². The lowest BCUT2D eigenvalue weighted by Crippen LogP contribution is -2.24. The first-order valence-corrected chi connectivity index (χ1v) is 5.82. The first-order chi connectivity index (χ1) is 9.25. The molecule has 0 bridgehead atoms. The molecule has 0 aliphatic rings. The van der Waals surface area contributed by atoms with Gasteiger partial charge < -0.3 is 5.32 Å². The Bertz CT molecular complexity index is 728. The third-order valence-electron chi connectivity index (χ3n) is 2.90. The van der Waals surface area contributed by atoms with Crippen LogP contribution in [0.25, 0.3) is 5.52 Å². The van der Waals surface area contributed by atoms with Crippen LogP contribution in [-0.2, 0) is 6.54 Å². The minimum atomic E-state index is -0.243. The number of carbonyl (C=O) groups is 1. The van der Waals surface area contributed by atoms with Crippen molar-refractivity contribution in [3.05, 3.63) is 47.5 Å². The zero-order valence-corrected chi connectivity index (χ0v) is 10.3. The summed E-state index contributed by atoms with van der Waals surface area (Å²) < 4.78 is 1.77. The first kappa shape index (κ1) is 11.4. The van der Waals surface area contributed by atoms with E-state index in [2.05, 4.69) is 25.8 Å². The van der Waals surface area contributed by atoms with E-state index in [0.717, 1.165) is 11.1 Å². The number of fused-ring (bicyclic) bond motifs is 1. The number of aromatic nitrogens is 5. The summed E-state index contributed by atoms with van der Waals surface area (Å²) in [6.45, 7) is 2.15. The normalized spacial score (nSPS) is 10.8. The third kappa shape index (κ3) is 2.05. The number of hydrogen-bond donors (Lipinski definition) is 2. The Morgan fingerprint density at radius 1 is 1.42 bits per heavy atom. The van der Waals surface area contributed by atoms with Crippen LogP contribution in [0.15, 0.2) is 30.6 Å². The highest BCUT2D eigenvalue weighted by molar-refractivity contribution is 5.93. The van der Waals surface area contributed by atoms with Gasteiger partial charge in [0, 0.05) is 18.9 Å². The van der Waals surface area contributed by atoms with Crippen molar-refractivity contribution in [3.63, 3.8) is 0 Å². The average Bonchev–Trinajstić information content (AvgIpc) is 3.04. The molecule has 3 aromatic heterocycles. The standard InChI is InChI=1S/C12H12N6O/c1-8-11(16-17-15-8)12(19)13-7-9-3-2-6-18-10(9)4-5-14-18/h2-6H,7H2,1H3,(H,13,19)(H,15,16,17). The van der Waals surface area contributed by atoms with Crippen LogP contribution in [0.4, 0.5) is 0 Å². The van der Waals surface area contributed by atoms with E-state index in [9.17, 15) is 4.79 Å². The van der Waals surface area contributed by atoms with Gasteiger partial charge in [0.25, 0.3) is 5.91 Å². The lowest BCUT2D eigenvalue weighted by Gasteiger charge is -2.05. The van der Waals surface area contributed by atoms with Gasteiger partial charge in [0.05, 0.1) is 11.2 Å². The lowest BCUT2D eigenvalue weighted by atomic mass is 10.2. The van der Waals surface area contributed by atoms with Crippen molar-refractivity contribution < 1.29 is 4.79 Å². The Morgan fingerprint density at radius 2 is 2.32 bits per heavy atom. The van der Waals surface area contributed by atoms with Gasteiger partial charge in [0.2, 0.25) is 0 Å². The largest absolute Gasteiger partial charge is 0.346 e. The van der Waals surface area contributed by atoms with Crippen LogP contribution in [0.5, 0.6) is 0 Å². The molecule has 3 rings (SSSR count). The Balaban J connectivity index is 1.78. The molecule has 96 valence electrons. The maximum absolute atomic E-state index is 11.9. The van der Waals surface area contributed by atoms with Crippen molar-refractivity contribution in [1.29, 1.82) is 0 Å². The fraction of sp³-hybridized carbons (Fsp3) is 0.167. The summed E-state index contributed by atoms with van der Waals surface area (Å²) >= 11 is 0. The molecule has 3 aromatic rings. The second-order valence-electron chi connectivity index (χ2n) is 4.13. The summed E-state index contributed by atoms with van der Waals surface area (Å²) in [4.78, 5) is 11.9. The molecule has 7 heteroatoms. The molecule has 0 saturated carbocycles. The molecule has 3 heterocycles. The van der Waals surface area contributed by atoms with E-state index in [1.165, 1.54) is 0 Å². The molecule has 0 atom stereocenters. The molecule has 7 nitrogen and oxygen atoms in total. The van der Waals surface area contributed by atoms with Crippen LogP contribution in [0, 0.1) is 6.92 Å². The summed E-state index contributed by atoms with van der Waals surface area (Å²) in [5.74, 6) is -0.243. The van der Waals surface area contributed by atoms with E-state index in [1.54, 1.807) is 17.6 Å². The van der Waals surface area contributed by atoms with E-state index in [1.807, 2.05) is 24.4 Å². The monoisotopic (exact) mass is 256 g/mol. The summed E-state index contributed by atoms with van der Waals surface area (Å²) in [7, 11) is 0. The van der Waals surface area contributed by atoms with Crippen molar-refractivity contribution in [2.75, 3.05) is 0 Å². The number of aryl methyl sites for hydroxylation is 1. The number of pyridine rings is 1. The molecule has 0 unspecified atom stereocenters. The predicted octanol–water partition coefficient (Wildman–Crippen LogP) is 0.691. The molecule has 0 aliphatic heterocycles. The van der Waals surface area contributed by atoms with E-state index in [-0.39, 0.29) is 5.91 Å². The van der Waals surface area contributed by atoms with Gasteiger partial charge in [0.1, 0.15) is 0 Å². The van der Waals surface area contributed by atoms with Crippen LogP contribution in [0.1, 0.15) is 21.7 Å². The summed E-state index contributed by atoms with van der Waals surface area (Å²) in [5.41, 5.74) is 2.87. The van der Waals surface area contributed by atoms with Gasteiger partial charge in [-0.3, -0.25) is 4.79 Å². The highest BCUT2D eigenvalue weighted by atomic mass is 16.2. The highest BCUT2D eigenvalue weighted by Gasteiger charge is 2.13. The molecule has 1 amide bonds. The Labute approximate surface area is 108 Å². The van der Waals surface area contributed by atoms with Gasteiger partial charge in [-0.05, 0) is 24.6 Å². The van der Waals surface area contributed by atoms with Gasteiger partial charge in [-0.2, -0.15) is 20.5 Å². The van der Waals surface area contributed by atoms with Crippen LogP contribution >= 0.6 is 0 Å². The molecule has 19 heavy (non-hydrogen) atoms. The molecule has 2 N–H and O–H groups in total. The van der Waals surface area contributed by atoms with Gasteiger partial charge in [-0.25, -0.2) is 4.52 Å². The number of nitrogens with one attached hydrogen (secondary N) is 2. The molecule has 0 saturated heterocycles. The van der Waals surface area contributed by atoms with Crippen molar-refractivity contribution in [1.82, 2.24) is 30.3 Å². The Morgan fingerprint density at radius 3 is 3.11 bits per heavy atom. The van der Waals surface area contributed by atoms with Crippen molar-refractivity contribution in [2.24, 2.45) is 0 Å². The maximum atomic E-state index is 11.9. The minimum Gasteiger partial charge on any atom is -0.346 e. The minimum absolute atomic E-state index is 0.243. The molecular formula is C12H12N6O. The fourth-order valence-electron chi connectivity index (χ4n) is 1.92. The number of hydrogen-bond acceptors (Lipinski definition) is 4. The van der Waals surface area contributed by atoms with Crippen LogP contribution in [0.3, 0.4) is 0 Å². The Kier molecular flexibility index (Phi) is 2.71. The van der Waals surface area contributed by atoms with Gasteiger partial charge >= 0.3 is 0 Å². The van der Waals surface area contributed by atoms with Crippen LogP contribution < -0.4 is 5.32 Å². The van der Waals surface area contributed by atoms with E-state index in [4.69, 9.17) is 0 Å². The number of amides is 1.